The van der Waals surface area contributed by atoms with E-state index in [4.69, 9.17) is 4.74 Å². The molecule has 4 amide bonds. The maximum absolute atomic E-state index is 13.1. The molecule has 9 heteroatoms. The van der Waals surface area contributed by atoms with Gasteiger partial charge in [0, 0.05) is 33.4 Å². The molecule has 0 bridgehead atoms. The number of benzene rings is 1. The zero-order chi connectivity index (χ0) is 25.3. The summed E-state index contributed by atoms with van der Waals surface area (Å²) in [5.41, 5.74) is 0.930. The fourth-order valence-corrected chi connectivity index (χ4v) is 5.34. The molecular weight excluding hydrogens is 436 g/mol. The lowest BCUT2D eigenvalue weighted by Gasteiger charge is -2.43. The Morgan fingerprint density at radius 3 is 2.35 bits per heavy atom. The first-order chi connectivity index (χ1) is 15.8. The minimum Gasteiger partial charge on any atom is -0.454 e. The number of esters is 1. The summed E-state index contributed by atoms with van der Waals surface area (Å²) in [5, 5.41) is 2.83. The molecule has 2 unspecified atom stereocenters. The van der Waals surface area contributed by atoms with Crippen molar-refractivity contribution < 1.29 is 23.9 Å². The van der Waals surface area contributed by atoms with Crippen molar-refractivity contribution in [3.63, 3.8) is 0 Å². The summed E-state index contributed by atoms with van der Waals surface area (Å²) in [7, 11) is 5.53. The second-order valence-corrected chi connectivity index (χ2v) is 10.7. The van der Waals surface area contributed by atoms with Crippen molar-refractivity contribution in [2.45, 2.75) is 52.1 Å². The van der Waals surface area contributed by atoms with Gasteiger partial charge in [0.2, 0.25) is 0 Å². The molecule has 0 radical (unpaired) electrons. The molecule has 2 aliphatic rings. The first kappa shape index (κ1) is 25.5. The highest BCUT2D eigenvalue weighted by atomic mass is 16.5. The highest BCUT2D eigenvalue weighted by Gasteiger charge is 2.56. The number of imide groups is 1. The maximum Gasteiger partial charge on any atom is 0.326 e. The largest absolute Gasteiger partial charge is 0.454 e. The van der Waals surface area contributed by atoms with E-state index in [1.807, 2.05) is 43.3 Å². The van der Waals surface area contributed by atoms with Gasteiger partial charge < -0.3 is 19.9 Å². The molecule has 1 spiro atoms. The van der Waals surface area contributed by atoms with Gasteiger partial charge in [0.05, 0.1) is 0 Å². The van der Waals surface area contributed by atoms with E-state index in [1.165, 1.54) is 4.90 Å². The van der Waals surface area contributed by atoms with Crippen molar-refractivity contribution in [3.05, 3.63) is 29.8 Å². The van der Waals surface area contributed by atoms with Gasteiger partial charge in [-0.25, -0.2) is 4.79 Å². The molecule has 1 N–H and O–H groups in total. The van der Waals surface area contributed by atoms with Crippen LogP contribution in [-0.2, 0) is 25.7 Å². The highest BCUT2D eigenvalue weighted by molar-refractivity contribution is 6.08. The van der Waals surface area contributed by atoms with Gasteiger partial charge in [-0.05, 0) is 48.3 Å². The number of hydrogen-bond acceptors (Lipinski definition) is 6. The van der Waals surface area contributed by atoms with E-state index >= 15 is 0 Å². The number of ether oxygens (including phenoxy) is 1. The molecule has 1 aliphatic carbocycles. The normalized spacial score (nSPS) is 23.6. The van der Waals surface area contributed by atoms with Crippen molar-refractivity contribution in [2.24, 2.45) is 11.3 Å². The van der Waals surface area contributed by atoms with Crippen LogP contribution in [0.15, 0.2) is 24.3 Å². The summed E-state index contributed by atoms with van der Waals surface area (Å²) in [6.07, 6.45) is 2.04. The van der Waals surface area contributed by atoms with E-state index < -0.39 is 36.6 Å². The van der Waals surface area contributed by atoms with Gasteiger partial charge in [0.15, 0.2) is 6.61 Å². The number of urea groups is 1. The van der Waals surface area contributed by atoms with Crippen molar-refractivity contribution >= 4 is 29.5 Å². The Bertz CT molecular complexity index is 959. The molecule has 9 nitrogen and oxygen atoms in total. The topological polar surface area (TPSA) is 99.3 Å². The third kappa shape index (κ3) is 5.69. The third-order valence-corrected chi connectivity index (χ3v) is 6.57. The molecule has 3 rings (SSSR count). The number of anilines is 1. The van der Waals surface area contributed by atoms with Crippen LogP contribution >= 0.6 is 0 Å². The number of amides is 4. The molecular formula is C25H36N4O5. The number of hydrogen-bond donors (Lipinski definition) is 1. The smallest absolute Gasteiger partial charge is 0.326 e. The SMILES string of the molecule is CC1CC(C)(C)CC2(C1)NC(=O)N(CC(=O)OCC(=O)N(C)Cc1ccc(N(C)C)cc1)C2=O. The van der Waals surface area contributed by atoms with Crippen LogP contribution in [0.25, 0.3) is 0 Å². The number of rotatable bonds is 7. The number of nitrogens with one attached hydrogen (secondary N) is 1. The first-order valence-corrected chi connectivity index (χ1v) is 11.6. The van der Waals surface area contributed by atoms with Gasteiger partial charge >= 0.3 is 12.0 Å². The van der Waals surface area contributed by atoms with Crippen LogP contribution in [0.1, 0.15) is 45.6 Å². The Kier molecular flexibility index (Phi) is 7.24. The minimum absolute atomic E-state index is 0.0963. The molecule has 2 fully saturated rings. The van der Waals surface area contributed by atoms with E-state index in [1.54, 1.807) is 7.05 Å². The van der Waals surface area contributed by atoms with Gasteiger partial charge in [-0.3, -0.25) is 19.3 Å². The summed E-state index contributed by atoms with van der Waals surface area (Å²) < 4.78 is 5.10. The molecule has 1 saturated heterocycles. The van der Waals surface area contributed by atoms with Crippen LogP contribution in [0.3, 0.4) is 0 Å². The monoisotopic (exact) mass is 472 g/mol. The molecule has 1 heterocycles. The van der Waals surface area contributed by atoms with Crippen molar-refractivity contribution in [2.75, 3.05) is 39.2 Å². The summed E-state index contributed by atoms with van der Waals surface area (Å²) >= 11 is 0. The van der Waals surface area contributed by atoms with E-state index in [0.717, 1.165) is 22.6 Å². The van der Waals surface area contributed by atoms with Crippen LogP contribution in [-0.4, -0.2) is 73.4 Å². The van der Waals surface area contributed by atoms with Crippen molar-refractivity contribution in [3.8, 4) is 0 Å². The fourth-order valence-electron chi connectivity index (χ4n) is 5.34. The number of nitrogens with zero attached hydrogens (tertiary/aromatic N) is 3. The summed E-state index contributed by atoms with van der Waals surface area (Å²) in [6.45, 7) is 5.64. The maximum atomic E-state index is 13.1. The predicted molar refractivity (Wildman–Crippen MR) is 128 cm³/mol. The third-order valence-electron chi connectivity index (χ3n) is 6.57. The quantitative estimate of drug-likeness (QED) is 0.483. The molecule has 186 valence electrons. The number of carbonyl (C=O) groups excluding carboxylic acids is 4. The van der Waals surface area contributed by atoms with Crippen LogP contribution < -0.4 is 10.2 Å². The standard InChI is InChI=1S/C25H36N4O5/c1-17-11-24(2,3)16-25(12-17)22(32)29(23(33)26-25)14-21(31)34-15-20(30)28(6)13-18-7-9-19(10-8-18)27(4)5/h7-10,17H,11-16H2,1-6H3,(H,26,33). The number of carbonyl (C=O) groups is 4. The molecule has 0 aromatic heterocycles. The van der Waals surface area contributed by atoms with E-state index in [0.29, 0.717) is 19.4 Å². The van der Waals surface area contributed by atoms with Crippen molar-refractivity contribution in [1.82, 2.24) is 15.1 Å². The average Bonchev–Trinajstić information content (AvgIpc) is 2.93. The van der Waals surface area contributed by atoms with Crippen molar-refractivity contribution in [1.29, 1.82) is 0 Å². The second kappa shape index (κ2) is 9.64. The van der Waals surface area contributed by atoms with Gasteiger partial charge in [0.1, 0.15) is 12.1 Å². The lowest BCUT2D eigenvalue weighted by Crippen LogP contribution is -2.54. The lowest BCUT2D eigenvalue weighted by atomic mass is 9.64. The molecule has 1 aromatic carbocycles. The van der Waals surface area contributed by atoms with E-state index in [-0.39, 0.29) is 17.2 Å². The first-order valence-electron chi connectivity index (χ1n) is 11.6. The molecule has 34 heavy (non-hydrogen) atoms. The molecule has 2 atom stereocenters. The Morgan fingerprint density at radius 1 is 1.12 bits per heavy atom. The Labute approximate surface area is 201 Å². The van der Waals surface area contributed by atoms with Crippen LogP contribution in [0.2, 0.25) is 0 Å². The van der Waals surface area contributed by atoms with Crippen LogP contribution in [0.5, 0.6) is 0 Å². The predicted octanol–water partition coefficient (Wildman–Crippen LogP) is 2.39. The zero-order valence-corrected chi connectivity index (χ0v) is 21.0. The van der Waals surface area contributed by atoms with Gasteiger partial charge in [-0.1, -0.05) is 32.9 Å². The second-order valence-electron chi connectivity index (χ2n) is 10.7. The molecule has 1 aliphatic heterocycles. The Balaban J connectivity index is 1.52. The van der Waals surface area contributed by atoms with Crippen LogP contribution in [0.4, 0.5) is 10.5 Å². The summed E-state index contributed by atoms with van der Waals surface area (Å²) in [4.78, 5) is 54.8. The number of likely N-dealkylation sites (N-methyl/N-ethyl adjacent to an activating group) is 1. The van der Waals surface area contributed by atoms with Crippen LogP contribution in [0, 0.1) is 11.3 Å². The fraction of sp³-hybridized carbons (Fsp3) is 0.600. The average molecular weight is 473 g/mol. The summed E-state index contributed by atoms with van der Waals surface area (Å²) in [5.74, 6) is -1.28. The van der Waals surface area contributed by atoms with E-state index in [9.17, 15) is 19.2 Å². The highest BCUT2D eigenvalue weighted by Crippen LogP contribution is 2.46. The Morgan fingerprint density at radius 2 is 1.76 bits per heavy atom. The summed E-state index contributed by atoms with van der Waals surface area (Å²) in [6, 6.07) is 7.22. The zero-order valence-electron chi connectivity index (χ0n) is 21.0. The van der Waals surface area contributed by atoms with Gasteiger partial charge in [-0.2, -0.15) is 0 Å². The van der Waals surface area contributed by atoms with Gasteiger partial charge in [-0.15, -0.1) is 0 Å². The Hall–Kier alpha value is -3.10. The lowest BCUT2D eigenvalue weighted by molar-refractivity contribution is -0.153. The molecule has 1 aromatic rings. The van der Waals surface area contributed by atoms with E-state index in [2.05, 4.69) is 26.1 Å². The molecule has 1 saturated carbocycles. The van der Waals surface area contributed by atoms with Gasteiger partial charge in [0.25, 0.3) is 11.8 Å². The minimum atomic E-state index is -0.975.